The van der Waals surface area contributed by atoms with E-state index in [4.69, 9.17) is 0 Å². The van der Waals surface area contributed by atoms with E-state index in [1.807, 2.05) is 6.08 Å². The van der Waals surface area contributed by atoms with Crippen molar-refractivity contribution in [2.45, 2.75) is 32.2 Å². The van der Waals surface area contributed by atoms with E-state index >= 15 is 0 Å². The van der Waals surface area contributed by atoms with Crippen LogP contribution in [0.1, 0.15) is 26.2 Å². The van der Waals surface area contributed by atoms with Crippen molar-refractivity contribution in [3.8, 4) is 0 Å². The molecule has 58 valence electrons. The predicted octanol–water partition coefficient (Wildman–Crippen LogP) is 1.95. The fourth-order valence-corrected chi connectivity index (χ4v) is 1.21. The van der Waals surface area contributed by atoms with Gasteiger partial charge in [0.2, 0.25) is 0 Å². The lowest BCUT2D eigenvalue weighted by molar-refractivity contribution is 0.538. The first kappa shape index (κ1) is 7.80. The van der Waals surface area contributed by atoms with Crippen LogP contribution in [0.5, 0.6) is 0 Å². The van der Waals surface area contributed by atoms with Gasteiger partial charge >= 0.3 is 0 Å². The van der Waals surface area contributed by atoms with Gasteiger partial charge in [-0.2, -0.15) is 0 Å². The average Bonchev–Trinajstić information content (AvgIpc) is 2.73. The normalized spacial score (nSPS) is 20.5. The molecule has 0 bridgehead atoms. The Kier molecular flexibility index (Phi) is 2.94. The highest BCUT2D eigenvalue weighted by atomic mass is 14.9. The van der Waals surface area contributed by atoms with E-state index in [9.17, 15) is 0 Å². The Morgan fingerprint density at radius 3 is 2.80 bits per heavy atom. The van der Waals surface area contributed by atoms with Gasteiger partial charge in [0.15, 0.2) is 0 Å². The Hall–Kier alpha value is -0.300. The summed E-state index contributed by atoms with van der Waals surface area (Å²) in [6.45, 7) is 7.14. The molecule has 1 atom stereocenters. The number of hydrogen-bond acceptors (Lipinski definition) is 1. The maximum absolute atomic E-state index is 3.81. The Morgan fingerprint density at radius 1 is 1.70 bits per heavy atom. The molecule has 1 N–H and O–H groups in total. The van der Waals surface area contributed by atoms with Gasteiger partial charge in [-0.05, 0) is 31.7 Å². The molecule has 0 aromatic carbocycles. The van der Waals surface area contributed by atoms with Crippen molar-refractivity contribution in [2.24, 2.45) is 5.92 Å². The quantitative estimate of drug-likeness (QED) is 0.574. The van der Waals surface area contributed by atoms with Gasteiger partial charge in [0.1, 0.15) is 0 Å². The van der Waals surface area contributed by atoms with Gasteiger partial charge in [-0.3, -0.25) is 0 Å². The molecule has 1 rings (SSSR count). The second kappa shape index (κ2) is 3.77. The lowest BCUT2D eigenvalue weighted by Crippen LogP contribution is -2.29. The molecule has 10 heavy (non-hydrogen) atoms. The van der Waals surface area contributed by atoms with Crippen LogP contribution in [0.25, 0.3) is 0 Å². The van der Waals surface area contributed by atoms with E-state index in [1.54, 1.807) is 0 Å². The van der Waals surface area contributed by atoms with Crippen LogP contribution in [0.3, 0.4) is 0 Å². The fourth-order valence-electron chi connectivity index (χ4n) is 1.21. The molecular weight excluding hydrogens is 122 g/mol. The highest BCUT2D eigenvalue weighted by Gasteiger charge is 2.28. The Balaban J connectivity index is 2.12. The summed E-state index contributed by atoms with van der Waals surface area (Å²) >= 11 is 0. The number of rotatable bonds is 5. The third kappa shape index (κ3) is 2.14. The summed E-state index contributed by atoms with van der Waals surface area (Å²) in [5.74, 6) is 0.907. The van der Waals surface area contributed by atoms with Crippen molar-refractivity contribution < 1.29 is 0 Å². The van der Waals surface area contributed by atoms with Crippen molar-refractivity contribution in [2.75, 3.05) is 6.54 Å². The second-order valence-corrected chi connectivity index (χ2v) is 3.05. The molecular formula is C9H17N. The Bertz CT molecular complexity index is 105. The summed E-state index contributed by atoms with van der Waals surface area (Å²) in [6.07, 6.45) is 6.06. The summed E-state index contributed by atoms with van der Waals surface area (Å²) in [5, 5.41) is 3.46. The molecule has 1 aliphatic rings. The first-order valence-corrected chi connectivity index (χ1v) is 4.24. The second-order valence-electron chi connectivity index (χ2n) is 3.05. The van der Waals surface area contributed by atoms with Crippen molar-refractivity contribution in [3.05, 3.63) is 12.7 Å². The third-order valence-corrected chi connectivity index (χ3v) is 2.01. The molecule has 1 unspecified atom stereocenters. The molecule has 1 fully saturated rings. The predicted molar refractivity (Wildman–Crippen MR) is 45.0 cm³/mol. The number of hydrogen-bond donors (Lipinski definition) is 1. The molecule has 1 nitrogen and oxygen atoms in total. The van der Waals surface area contributed by atoms with Crippen LogP contribution < -0.4 is 5.32 Å². The topological polar surface area (TPSA) is 12.0 Å². The third-order valence-electron chi connectivity index (χ3n) is 2.01. The lowest BCUT2D eigenvalue weighted by atomic mass is 10.2. The van der Waals surface area contributed by atoms with E-state index in [2.05, 4.69) is 18.8 Å². The molecule has 0 spiro atoms. The molecule has 0 saturated heterocycles. The standard InChI is InChI=1S/C9H17N/c1-3-7-10-9(4-2)8-5-6-8/h4,8-10H,2-3,5-7H2,1H3. The van der Waals surface area contributed by atoms with Gasteiger partial charge in [-0.1, -0.05) is 13.0 Å². The van der Waals surface area contributed by atoms with Crippen molar-refractivity contribution in [1.82, 2.24) is 5.32 Å². The van der Waals surface area contributed by atoms with Crippen molar-refractivity contribution >= 4 is 0 Å². The van der Waals surface area contributed by atoms with E-state index in [0.717, 1.165) is 12.5 Å². The number of nitrogens with one attached hydrogen (secondary N) is 1. The first-order chi connectivity index (χ1) is 4.88. The lowest BCUT2D eigenvalue weighted by Gasteiger charge is -2.11. The van der Waals surface area contributed by atoms with Gasteiger partial charge in [0, 0.05) is 6.04 Å². The molecule has 0 aromatic rings. The van der Waals surface area contributed by atoms with Crippen molar-refractivity contribution in [3.63, 3.8) is 0 Å². The summed E-state index contributed by atoms with van der Waals surface area (Å²) in [5.41, 5.74) is 0. The highest BCUT2D eigenvalue weighted by molar-refractivity contribution is 4.96. The van der Waals surface area contributed by atoms with Gasteiger partial charge < -0.3 is 5.32 Å². The minimum Gasteiger partial charge on any atom is -0.310 e. The minimum absolute atomic E-state index is 0.597. The smallest absolute Gasteiger partial charge is 0.0275 e. The van der Waals surface area contributed by atoms with Crippen LogP contribution >= 0.6 is 0 Å². The van der Waals surface area contributed by atoms with Crippen LogP contribution in [0.15, 0.2) is 12.7 Å². The molecule has 1 saturated carbocycles. The molecule has 0 heterocycles. The van der Waals surface area contributed by atoms with E-state index in [1.165, 1.54) is 19.3 Å². The van der Waals surface area contributed by atoms with Gasteiger partial charge in [-0.15, -0.1) is 6.58 Å². The molecule has 0 aliphatic heterocycles. The zero-order valence-corrected chi connectivity index (χ0v) is 6.77. The van der Waals surface area contributed by atoms with E-state index < -0.39 is 0 Å². The van der Waals surface area contributed by atoms with Crippen LogP contribution in [0, 0.1) is 5.92 Å². The largest absolute Gasteiger partial charge is 0.310 e. The highest BCUT2D eigenvalue weighted by Crippen LogP contribution is 2.32. The first-order valence-electron chi connectivity index (χ1n) is 4.24. The van der Waals surface area contributed by atoms with E-state index in [-0.39, 0.29) is 0 Å². The van der Waals surface area contributed by atoms with Crippen LogP contribution in [0.2, 0.25) is 0 Å². The Labute approximate surface area is 63.5 Å². The van der Waals surface area contributed by atoms with Gasteiger partial charge in [-0.25, -0.2) is 0 Å². The van der Waals surface area contributed by atoms with Crippen LogP contribution in [0.4, 0.5) is 0 Å². The maximum Gasteiger partial charge on any atom is 0.0275 e. The molecule has 0 amide bonds. The zero-order chi connectivity index (χ0) is 7.40. The average molecular weight is 139 g/mol. The van der Waals surface area contributed by atoms with Gasteiger partial charge in [0.25, 0.3) is 0 Å². The van der Waals surface area contributed by atoms with Crippen LogP contribution in [-0.4, -0.2) is 12.6 Å². The molecule has 1 heteroatoms. The Morgan fingerprint density at radius 2 is 2.40 bits per heavy atom. The zero-order valence-electron chi connectivity index (χ0n) is 6.77. The SMILES string of the molecule is C=CC(NCCC)C1CC1. The summed E-state index contributed by atoms with van der Waals surface area (Å²) in [4.78, 5) is 0. The molecule has 1 aliphatic carbocycles. The summed E-state index contributed by atoms with van der Waals surface area (Å²) < 4.78 is 0. The van der Waals surface area contributed by atoms with Gasteiger partial charge in [0.05, 0.1) is 0 Å². The van der Waals surface area contributed by atoms with Crippen LogP contribution in [-0.2, 0) is 0 Å². The maximum atomic E-state index is 3.81. The van der Waals surface area contributed by atoms with E-state index in [0.29, 0.717) is 6.04 Å². The van der Waals surface area contributed by atoms with Crippen molar-refractivity contribution in [1.29, 1.82) is 0 Å². The molecule has 0 radical (unpaired) electrons. The monoisotopic (exact) mass is 139 g/mol. The summed E-state index contributed by atoms with van der Waals surface area (Å²) in [6, 6.07) is 0.597. The fraction of sp³-hybridized carbons (Fsp3) is 0.778. The minimum atomic E-state index is 0.597. The molecule has 0 aromatic heterocycles. The summed E-state index contributed by atoms with van der Waals surface area (Å²) in [7, 11) is 0.